The van der Waals surface area contributed by atoms with Crippen molar-refractivity contribution in [3.8, 4) is 5.69 Å². The molecule has 0 saturated carbocycles. The van der Waals surface area contributed by atoms with Gasteiger partial charge in [0.2, 0.25) is 15.5 Å². The van der Waals surface area contributed by atoms with Crippen LogP contribution < -0.4 is 15.5 Å². The highest BCUT2D eigenvalue weighted by Crippen LogP contribution is 2.14. The molecule has 0 spiro atoms. The summed E-state index contributed by atoms with van der Waals surface area (Å²) in [5, 5.41) is 6.57. The van der Waals surface area contributed by atoms with Crippen molar-refractivity contribution in [1.82, 2.24) is 19.8 Å². The molecule has 3 rings (SSSR count). The topological polar surface area (TPSA) is 110 Å². The van der Waals surface area contributed by atoms with Gasteiger partial charge in [0.05, 0.1) is 4.90 Å². The lowest BCUT2D eigenvalue weighted by Gasteiger charge is -2.12. The zero-order valence-corrected chi connectivity index (χ0v) is 17.0. The fourth-order valence-electron chi connectivity index (χ4n) is 2.78. The van der Waals surface area contributed by atoms with Gasteiger partial charge in [-0.1, -0.05) is 24.3 Å². The Kier molecular flexibility index (Phi) is 6.09. The highest BCUT2D eigenvalue weighted by atomic mass is 32.2. The Labute approximate surface area is 172 Å². The van der Waals surface area contributed by atoms with E-state index in [4.69, 9.17) is 0 Å². The Morgan fingerprint density at radius 1 is 1.13 bits per heavy atom. The monoisotopic (exact) mass is 430 g/mol. The molecule has 0 saturated heterocycles. The summed E-state index contributed by atoms with van der Waals surface area (Å²) in [6.45, 7) is 1.55. The normalized spacial score (nSPS) is 11.3. The fourth-order valence-corrected chi connectivity index (χ4v) is 3.58. The molecule has 0 fully saturated rings. The lowest BCUT2D eigenvalue weighted by atomic mass is 10.2. The number of aryl methyl sites for hydroxylation is 1. The number of carbonyl (C=O) groups is 1. The molecule has 156 valence electrons. The molecular formula is C20H19FN4O4S. The van der Waals surface area contributed by atoms with Gasteiger partial charge in [-0.25, -0.2) is 22.2 Å². The molecule has 1 amide bonds. The maximum absolute atomic E-state index is 14.1. The maximum Gasteiger partial charge on any atom is 0.276 e. The van der Waals surface area contributed by atoms with Crippen molar-refractivity contribution >= 4 is 15.9 Å². The van der Waals surface area contributed by atoms with E-state index in [1.165, 1.54) is 48.1 Å². The summed E-state index contributed by atoms with van der Waals surface area (Å²) >= 11 is 0. The number of aromatic nitrogens is 2. The Hall–Kier alpha value is -3.37. The van der Waals surface area contributed by atoms with Crippen LogP contribution in [0.25, 0.3) is 5.69 Å². The van der Waals surface area contributed by atoms with Crippen molar-refractivity contribution in [2.24, 2.45) is 0 Å². The summed E-state index contributed by atoms with van der Waals surface area (Å²) in [5.41, 5.74) is -0.0196. The number of rotatable bonds is 6. The van der Waals surface area contributed by atoms with E-state index < -0.39 is 32.9 Å². The number of hydrogen-bond acceptors (Lipinski definition) is 5. The van der Waals surface area contributed by atoms with Crippen LogP contribution in [-0.2, 0) is 16.6 Å². The van der Waals surface area contributed by atoms with Crippen LogP contribution in [0.1, 0.15) is 21.7 Å². The molecule has 30 heavy (non-hydrogen) atoms. The second-order valence-corrected chi connectivity index (χ2v) is 8.29. The Morgan fingerprint density at radius 2 is 1.87 bits per heavy atom. The standard InChI is InChI=1S/C20H19FN4O4S/c1-13-10-18(26)19(24-25(13)17-9-4-3-8-16(17)21)20(27)23-12-14-6-5-7-15(11-14)30(28,29)22-2/h3-11,22H,12H2,1-2H3,(H,23,27). The lowest BCUT2D eigenvalue weighted by Crippen LogP contribution is -2.31. The van der Waals surface area contributed by atoms with E-state index in [9.17, 15) is 22.4 Å². The highest BCUT2D eigenvalue weighted by molar-refractivity contribution is 7.89. The predicted molar refractivity (Wildman–Crippen MR) is 108 cm³/mol. The van der Waals surface area contributed by atoms with Crippen LogP contribution in [0.3, 0.4) is 0 Å². The number of nitrogens with zero attached hydrogens (tertiary/aromatic N) is 2. The molecule has 0 aliphatic rings. The van der Waals surface area contributed by atoms with E-state index >= 15 is 0 Å². The number of benzene rings is 2. The van der Waals surface area contributed by atoms with Crippen molar-refractivity contribution in [3.63, 3.8) is 0 Å². The van der Waals surface area contributed by atoms with Gasteiger partial charge in [0.1, 0.15) is 11.5 Å². The molecule has 8 nitrogen and oxygen atoms in total. The molecule has 0 atom stereocenters. The first-order valence-corrected chi connectivity index (χ1v) is 10.4. The van der Waals surface area contributed by atoms with Crippen molar-refractivity contribution in [2.75, 3.05) is 7.05 Å². The first-order valence-electron chi connectivity index (χ1n) is 8.89. The van der Waals surface area contributed by atoms with Crippen LogP contribution in [-0.4, -0.2) is 31.2 Å². The largest absolute Gasteiger partial charge is 0.346 e. The van der Waals surface area contributed by atoms with Gasteiger partial charge in [-0.05, 0) is 43.8 Å². The van der Waals surface area contributed by atoms with Gasteiger partial charge in [0.25, 0.3) is 5.91 Å². The fraction of sp³-hybridized carbons (Fsp3) is 0.150. The van der Waals surface area contributed by atoms with Crippen molar-refractivity contribution in [2.45, 2.75) is 18.4 Å². The SMILES string of the molecule is CNS(=O)(=O)c1cccc(CNC(=O)c2nn(-c3ccccc3F)c(C)cc2=O)c1. The molecule has 1 heterocycles. The molecule has 0 aliphatic heterocycles. The van der Waals surface area contributed by atoms with Crippen LogP contribution in [0.2, 0.25) is 0 Å². The summed E-state index contributed by atoms with van der Waals surface area (Å²) in [7, 11) is -2.33. The average Bonchev–Trinajstić information content (AvgIpc) is 2.73. The van der Waals surface area contributed by atoms with Crippen LogP contribution in [0.4, 0.5) is 4.39 Å². The van der Waals surface area contributed by atoms with Gasteiger partial charge in [-0.2, -0.15) is 5.10 Å². The minimum absolute atomic E-state index is 0.0272. The first kappa shape index (κ1) is 21.3. The zero-order valence-electron chi connectivity index (χ0n) is 16.2. The van der Waals surface area contributed by atoms with Gasteiger partial charge in [-0.3, -0.25) is 9.59 Å². The molecular weight excluding hydrogens is 411 g/mol. The third-order valence-electron chi connectivity index (χ3n) is 4.33. The molecule has 0 bridgehead atoms. The molecule has 10 heteroatoms. The van der Waals surface area contributed by atoms with Gasteiger partial charge in [0, 0.05) is 18.3 Å². The van der Waals surface area contributed by atoms with Crippen molar-refractivity contribution in [3.05, 3.63) is 87.6 Å². The number of halogens is 1. The number of carbonyl (C=O) groups excluding carboxylic acids is 1. The number of nitrogens with one attached hydrogen (secondary N) is 2. The van der Waals surface area contributed by atoms with Crippen LogP contribution in [0, 0.1) is 12.7 Å². The minimum Gasteiger partial charge on any atom is -0.346 e. The summed E-state index contributed by atoms with van der Waals surface area (Å²) in [6, 6.07) is 13.1. The summed E-state index contributed by atoms with van der Waals surface area (Å²) < 4.78 is 41.3. The van der Waals surface area contributed by atoms with Crippen molar-refractivity contribution < 1.29 is 17.6 Å². The van der Waals surface area contributed by atoms with E-state index in [-0.39, 0.29) is 17.1 Å². The van der Waals surface area contributed by atoms with Crippen LogP contribution in [0.15, 0.2) is 64.3 Å². The third-order valence-corrected chi connectivity index (χ3v) is 5.75. The molecule has 1 aromatic heterocycles. The van der Waals surface area contributed by atoms with Gasteiger partial charge in [0.15, 0.2) is 5.69 Å². The molecule has 0 aliphatic carbocycles. The molecule has 3 aromatic rings. The van der Waals surface area contributed by atoms with E-state index in [1.54, 1.807) is 25.1 Å². The number of para-hydroxylation sites is 1. The smallest absolute Gasteiger partial charge is 0.276 e. The minimum atomic E-state index is -3.63. The van der Waals surface area contributed by atoms with E-state index in [0.29, 0.717) is 11.3 Å². The van der Waals surface area contributed by atoms with Gasteiger partial charge >= 0.3 is 0 Å². The Morgan fingerprint density at radius 3 is 2.57 bits per heavy atom. The summed E-state index contributed by atoms with van der Waals surface area (Å²) in [4.78, 5) is 24.9. The second-order valence-electron chi connectivity index (χ2n) is 6.40. The Bertz CT molecular complexity index is 1270. The summed E-state index contributed by atoms with van der Waals surface area (Å²) in [6.07, 6.45) is 0. The van der Waals surface area contributed by atoms with Gasteiger partial charge < -0.3 is 5.32 Å². The second kappa shape index (κ2) is 8.56. The molecule has 2 N–H and O–H groups in total. The predicted octanol–water partition coefficient (Wildman–Crippen LogP) is 1.52. The van der Waals surface area contributed by atoms with Crippen LogP contribution >= 0.6 is 0 Å². The lowest BCUT2D eigenvalue weighted by molar-refractivity contribution is 0.0943. The maximum atomic E-state index is 14.1. The quantitative estimate of drug-likeness (QED) is 0.616. The number of sulfonamides is 1. The highest BCUT2D eigenvalue weighted by Gasteiger charge is 2.17. The van der Waals surface area contributed by atoms with Crippen LogP contribution in [0.5, 0.6) is 0 Å². The van der Waals surface area contributed by atoms with E-state index in [0.717, 1.165) is 0 Å². The molecule has 2 aromatic carbocycles. The van der Waals surface area contributed by atoms with E-state index in [2.05, 4.69) is 15.1 Å². The molecule has 0 unspecified atom stereocenters. The number of amides is 1. The van der Waals surface area contributed by atoms with E-state index in [1.807, 2.05) is 0 Å². The third kappa shape index (κ3) is 4.44. The Balaban J connectivity index is 1.86. The number of hydrogen-bond donors (Lipinski definition) is 2. The zero-order chi connectivity index (χ0) is 21.9. The molecule has 0 radical (unpaired) electrons. The average molecular weight is 430 g/mol. The van der Waals surface area contributed by atoms with Crippen molar-refractivity contribution in [1.29, 1.82) is 0 Å². The summed E-state index contributed by atoms with van der Waals surface area (Å²) in [5.74, 6) is -1.31. The van der Waals surface area contributed by atoms with Gasteiger partial charge in [-0.15, -0.1) is 0 Å². The first-order chi connectivity index (χ1) is 14.2.